The molecule has 1 heterocycles. The van der Waals surface area contributed by atoms with E-state index in [0.29, 0.717) is 24.5 Å². The number of rotatable bonds is 4. The van der Waals surface area contributed by atoms with Gasteiger partial charge in [-0.2, -0.15) is 5.26 Å². The SMILES string of the molecule is CCC(=O)N1CCC(NC(=NC)NCc2cccc(C#N)c2)C1. The van der Waals surface area contributed by atoms with Crippen LogP contribution in [0.2, 0.25) is 0 Å². The number of amides is 1. The molecule has 122 valence electrons. The highest BCUT2D eigenvalue weighted by atomic mass is 16.2. The first-order chi connectivity index (χ1) is 11.2. The summed E-state index contributed by atoms with van der Waals surface area (Å²) in [5.41, 5.74) is 1.68. The maximum absolute atomic E-state index is 11.7. The van der Waals surface area contributed by atoms with Gasteiger partial charge in [-0.05, 0) is 24.1 Å². The van der Waals surface area contributed by atoms with Crippen LogP contribution in [0, 0.1) is 11.3 Å². The van der Waals surface area contributed by atoms with E-state index in [4.69, 9.17) is 5.26 Å². The van der Waals surface area contributed by atoms with Crippen LogP contribution in [0.1, 0.15) is 30.9 Å². The van der Waals surface area contributed by atoms with Crippen molar-refractivity contribution >= 4 is 11.9 Å². The number of aliphatic imine (C=N–C) groups is 1. The molecule has 0 bridgehead atoms. The summed E-state index contributed by atoms with van der Waals surface area (Å²) in [6.07, 6.45) is 1.48. The van der Waals surface area contributed by atoms with E-state index < -0.39 is 0 Å². The van der Waals surface area contributed by atoms with Crippen molar-refractivity contribution in [2.45, 2.75) is 32.4 Å². The molecule has 2 rings (SSSR count). The van der Waals surface area contributed by atoms with Crippen LogP contribution in [0.5, 0.6) is 0 Å². The Morgan fingerprint density at radius 3 is 3.04 bits per heavy atom. The molecule has 6 nitrogen and oxygen atoms in total. The summed E-state index contributed by atoms with van der Waals surface area (Å²) in [5.74, 6) is 0.911. The van der Waals surface area contributed by atoms with Crippen molar-refractivity contribution in [3.8, 4) is 6.07 Å². The Balaban J connectivity index is 1.84. The van der Waals surface area contributed by atoms with E-state index >= 15 is 0 Å². The Morgan fingerprint density at radius 2 is 2.35 bits per heavy atom. The second-order valence-corrected chi connectivity index (χ2v) is 5.56. The summed E-state index contributed by atoms with van der Waals surface area (Å²) in [6, 6.07) is 9.85. The van der Waals surface area contributed by atoms with Crippen LogP contribution < -0.4 is 10.6 Å². The average molecular weight is 313 g/mol. The Hall–Kier alpha value is -2.55. The van der Waals surface area contributed by atoms with Gasteiger partial charge in [-0.15, -0.1) is 0 Å². The van der Waals surface area contributed by atoms with E-state index in [1.807, 2.05) is 30.0 Å². The Kier molecular flexibility index (Phi) is 5.98. The average Bonchev–Trinajstić information content (AvgIpc) is 3.06. The normalized spacial score (nSPS) is 17.7. The minimum atomic E-state index is 0.200. The zero-order chi connectivity index (χ0) is 16.7. The van der Waals surface area contributed by atoms with E-state index in [2.05, 4.69) is 21.7 Å². The number of hydrogen-bond acceptors (Lipinski definition) is 3. The highest BCUT2D eigenvalue weighted by Gasteiger charge is 2.25. The van der Waals surface area contributed by atoms with Gasteiger partial charge in [-0.25, -0.2) is 0 Å². The van der Waals surface area contributed by atoms with Gasteiger partial charge >= 0.3 is 0 Å². The highest BCUT2D eigenvalue weighted by Crippen LogP contribution is 2.10. The second kappa shape index (κ2) is 8.18. The van der Waals surface area contributed by atoms with Gasteiger partial charge in [0.2, 0.25) is 5.91 Å². The summed E-state index contributed by atoms with van der Waals surface area (Å²) in [4.78, 5) is 17.8. The summed E-state index contributed by atoms with van der Waals surface area (Å²) in [5, 5.41) is 15.5. The van der Waals surface area contributed by atoms with E-state index in [9.17, 15) is 4.79 Å². The van der Waals surface area contributed by atoms with E-state index in [1.165, 1.54) is 0 Å². The van der Waals surface area contributed by atoms with E-state index in [1.54, 1.807) is 13.1 Å². The zero-order valence-corrected chi connectivity index (χ0v) is 13.7. The second-order valence-electron chi connectivity index (χ2n) is 5.56. The van der Waals surface area contributed by atoms with Crippen molar-refractivity contribution < 1.29 is 4.79 Å². The van der Waals surface area contributed by atoms with Crippen molar-refractivity contribution in [2.24, 2.45) is 4.99 Å². The van der Waals surface area contributed by atoms with Crippen LogP contribution in [0.15, 0.2) is 29.3 Å². The fraction of sp³-hybridized carbons (Fsp3) is 0.471. The fourth-order valence-electron chi connectivity index (χ4n) is 2.65. The molecule has 1 atom stereocenters. The molecule has 2 N–H and O–H groups in total. The lowest BCUT2D eigenvalue weighted by Gasteiger charge is -2.18. The molecular formula is C17H23N5O. The highest BCUT2D eigenvalue weighted by molar-refractivity contribution is 5.80. The number of carbonyl (C=O) groups is 1. The van der Waals surface area contributed by atoms with Gasteiger partial charge in [0.05, 0.1) is 11.6 Å². The quantitative estimate of drug-likeness (QED) is 0.647. The molecule has 0 saturated carbocycles. The van der Waals surface area contributed by atoms with Crippen LogP contribution in [0.3, 0.4) is 0 Å². The van der Waals surface area contributed by atoms with E-state index in [-0.39, 0.29) is 11.9 Å². The summed E-state index contributed by atoms with van der Waals surface area (Å²) in [6.45, 7) is 4.00. The number of benzene rings is 1. The van der Waals surface area contributed by atoms with Crippen molar-refractivity contribution in [1.29, 1.82) is 5.26 Å². The maximum atomic E-state index is 11.7. The monoisotopic (exact) mass is 313 g/mol. The topological polar surface area (TPSA) is 80.5 Å². The maximum Gasteiger partial charge on any atom is 0.222 e. The molecular weight excluding hydrogens is 290 g/mol. The number of likely N-dealkylation sites (tertiary alicyclic amines) is 1. The van der Waals surface area contributed by atoms with Gasteiger partial charge in [0.15, 0.2) is 5.96 Å². The molecule has 0 radical (unpaired) electrons. The third-order valence-corrected chi connectivity index (χ3v) is 3.92. The molecule has 0 aliphatic carbocycles. The van der Waals surface area contributed by atoms with Crippen LogP contribution in [-0.2, 0) is 11.3 Å². The molecule has 1 aromatic carbocycles. The molecule has 1 saturated heterocycles. The van der Waals surface area contributed by atoms with Gasteiger partial charge < -0.3 is 15.5 Å². The van der Waals surface area contributed by atoms with Gasteiger partial charge in [-0.1, -0.05) is 19.1 Å². The molecule has 1 aromatic rings. The third-order valence-electron chi connectivity index (χ3n) is 3.92. The molecule has 1 aliphatic heterocycles. The van der Waals surface area contributed by atoms with E-state index in [0.717, 1.165) is 25.1 Å². The Morgan fingerprint density at radius 1 is 1.52 bits per heavy atom. The smallest absolute Gasteiger partial charge is 0.222 e. The molecule has 0 aromatic heterocycles. The lowest BCUT2D eigenvalue weighted by atomic mass is 10.1. The van der Waals surface area contributed by atoms with Crippen molar-refractivity contribution in [2.75, 3.05) is 20.1 Å². The van der Waals surface area contributed by atoms with Crippen LogP contribution in [-0.4, -0.2) is 42.9 Å². The van der Waals surface area contributed by atoms with Crippen molar-refractivity contribution in [1.82, 2.24) is 15.5 Å². The van der Waals surface area contributed by atoms with Gasteiger partial charge in [0.25, 0.3) is 0 Å². The van der Waals surface area contributed by atoms with Crippen LogP contribution in [0.4, 0.5) is 0 Å². The first-order valence-corrected chi connectivity index (χ1v) is 7.90. The minimum absolute atomic E-state index is 0.200. The molecule has 1 unspecified atom stereocenters. The molecule has 1 aliphatic rings. The lowest BCUT2D eigenvalue weighted by Crippen LogP contribution is -2.44. The van der Waals surface area contributed by atoms with Crippen LogP contribution in [0.25, 0.3) is 0 Å². The lowest BCUT2D eigenvalue weighted by molar-refractivity contribution is -0.129. The number of hydrogen-bond donors (Lipinski definition) is 2. The third kappa shape index (κ3) is 4.71. The first kappa shape index (κ1) is 16.8. The molecule has 0 spiro atoms. The number of guanidine groups is 1. The predicted molar refractivity (Wildman–Crippen MR) is 89.8 cm³/mol. The largest absolute Gasteiger partial charge is 0.352 e. The number of carbonyl (C=O) groups excluding carboxylic acids is 1. The van der Waals surface area contributed by atoms with Gasteiger partial charge in [-0.3, -0.25) is 9.79 Å². The zero-order valence-electron chi connectivity index (χ0n) is 13.7. The molecule has 1 amide bonds. The molecule has 6 heteroatoms. The Labute approximate surface area is 137 Å². The number of nitrogens with one attached hydrogen (secondary N) is 2. The molecule has 23 heavy (non-hydrogen) atoms. The summed E-state index contributed by atoms with van der Waals surface area (Å²) in [7, 11) is 1.73. The minimum Gasteiger partial charge on any atom is -0.352 e. The predicted octanol–water partition coefficient (Wildman–Crippen LogP) is 1.23. The van der Waals surface area contributed by atoms with Crippen LogP contribution >= 0.6 is 0 Å². The number of nitriles is 1. The first-order valence-electron chi connectivity index (χ1n) is 7.90. The van der Waals surface area contributed by atoms with Crippen molar-refractivity contribution in [3.63, 3.8) is 0 Å². The Bertz CT molecular complexity index is 620. The van der Waals surface area contributed by atoms with Crippen molar-refractivity contribution in [3.05, 3.63) is 35.4 Å². The summed E-state index contributed by atoms with van der Waals surface area (Å²) >= 11 is 0. The summed E-state index contributed by atoms with van der Waals surface area (Å²) < 4.78 is 0. The van der Waals surface area contributed by atoms with Gasteiger partial charge in [0.1, 0.15) is 0 Å². The fourth-order valence-corrected chi connectivity index (χ4v) is 2.65. The standard InChI is InChI=1S/C17H23N5O/c1-3-16(23)22-8-7-15(12-22)21-17(19-2)20-11-14-6-4-5-13(9-14)10-18/h4-6,9,15H,3,7-8,11-12H2,1-2H3,(H2,19,20,21). The van der Waals surface area contributed by atoms with Gasteiger partial charge in [0, 0.05) is 39.1 Å². The number of nitrogens with zero attached hydrogens (tertiary/aromatic N) is 3. The molecule has 1 fully saturated rings.